The van der Waals surface area contributed by atoms with Crippen molar-refractivity contribution >= 4 is 38.4 Å². The average molecular weight is 331 g/mol. The number of nitrogens with two attached hydrogens (primary N) is 2. The number of nitrogen functional groups attached to an aromatic ring is 1. The number of halogens is 1. The fourth-order valence-electron chi connectivity index (χ4n) is 2.08. The molecular weight excluding hydrogens is 320 g/mol. The average Bonchev–Trinajstić information content (AvgIpc) is 2.81. The second kappa shape index (κ2) is 4.64. The number of hydrogen-bond donors (Lipinski definition) is 2. The van der Waals surface area contributed by atoms with Gasteiger partial charge in [-0.15, -0.1) is 0 Å². The summed E-state index contributed by atoms with van der Waals surface area (Å²) in [4.78, 5) is 11.2. The molecule has 1 amide bonds. The highest BCUT2D eigenvalue weighted by molar-refractivity contribution is 9.10. The Labute approximate surface area is 123 Å². The van der Waals surface area contributed by atoms with Crippen molar-refractivity contribution in [2.45, 2.75) is 0 Å². The Balaban J connectivity index is 2.18. The summed E-state index contributed by atoms with van der Waals surface area (Å²) in [6.45, 7) is 0. The van der Waals surface area contributed by atoms with Crippen LogP contribution in [-0.2, 0) is 0 Å². The van der Waals surface area contributed by atoms with Crippen molar-refractivity contribution in [1.29, 1.82) is 0 Å². The van der Waals surface area contributed by atoms with Crippen LogP contribution in [0.5, 0.6) is 0 Å². The van der Waals surface area contributed by atoms with E-state index < -0.39 is 5.91 Å². The van der Waals surface area contributed by atoms with E-state index in [1.807, 2.05) is 18.2 Å². The largest absolute Gasteiger partial charge is 0.399 e. The maximum absolute atomic E-state index is 11.2. The first-order valence-corrected chi connectivity index (χ1v) is 6.68. The molecule has 0 bridgehead atoms. The normalized spacial score (nSPS) is 10.8. The zero-order valence-electron chi connectivity index (χ0n) is 10.4. The van der Waals surface area contributed by atoms with Crippen molar-refractivity contribution in [3.8, 4) is 5.69 Å². The number of nitrogens with zero attached hydrogens (tertiary/aromatic N) is 2. The third-order valence-corrected chi connectivity index (χ3v) is 3.71. The second-order valence-electron chi connectivity index (χ2n) is 4.40. The Morgan fingerprint density at radius 1 is 1.20 bits per heavy atom. The molecule has 0 spiro atoms. The van der Waals surface area contributed by atoms with Crippen molar-refractivity contribution in [2.75, 3.05) is 5.73 Å². The van der Waals surface area contributed by atoms with E-state index in [1.165, 1.54) is 0 Å². The summed E-state index contributed by atoms with van der Waals surface area (Å²) in [5.41, 5.74) is 13.9. The number of aromatic nitrogens is 2. The quantitative estimate of drug-likeness (QED) is 0.707. The summed E-state index contributed by atoms with van der Waals surface area (Å²) in [7, 11) is 0. The maximum atomic E-state index is 11.2. The van der Waals surface area contributed by atoms with Gasteiger partial charge in [0.15, 0.2) is 0 Å². The Morgan fingerprint density at radius 2 is 2.00 bits per heavy atom. The fraction of sp³-hybridized carbons (Fsp3) is 0. The van der Waals surface area contributed by atoms with Gasteiger partial charge in [0.05, 0.1) is 23.0 Å². The molecule has 1 heterocycles. The van der Waals surface area contributed by atoms with Gasteiger partial charge in [0.2, 0.25) is 5.91 Å². The molecule has 5 nitrogen and oxygen atoms in total. The van der Waals surface area contributed by atoms with Gasteiger partial charge in [0.25, 0.3) is 0 Å². The van der Waals surface area contributed by atoms with E-state index in [0.29, 0.717) is 15.7 Å². The molecule has 2 aromatic carbocycles. The van der Waals surface area contributed by atoms with Gasteiger partial charge in [-0.3, -0.25) is 4.79 Å². The molecule has 0 aliphatic rings. The molecular formula is C14H11BrN4O. The van der Waals surface area contributed by atoms with E-state index in [4.69, 9.17) is 11.5 Å². The van der Waals surface area contributed by atoms with Gasteiger partial charge in [-0.2, -0.15) is 5.10 Å². The van der Waals surface area contributed by atoms with Crippen LogP contribution >= 0.6 is 15.9 Å². The minimum Gasteiger partial charge on any atom is -0.399 e. The molecule has 6 heteroatoms. The lowest BCUT2D eigenvalue weighted by atomic mass is 10.2. The Hall–Kier alpha value is -2.34. The standard InChI is InChI=1S/C14H11BrN4O/c15-12-6-10(3-4-11(12)14(17)20)19-13-5-9(16)2-1-8(13)7-18-19/h1-7H,16H2,(H2,17,20). The van der Waals surface area contributed by atoms with Crippen LogP contribution in [0.25, 0.3) is 16.6 Å². The molecule has 0 aliphatic heterocycles. The predicted octanol–water partition coefficient (Wildman–Crippen LogP) is 2.47. The van der Waals surface area contributed by atoms with E-state index in [-0.39, 0.29) is 0 Å². The summed E-state index contributed by atoms with van der Waals surface area (Å²) in [6.07, 6.45) is 1.77. The van der Waals surface area contributed by atoms with Crippen LogP contribution in [0, 0.1) is 0 Å². The Bertz CT molecular complexity index is 825. The number of hydrogen-bond acceptors (Lipinski definition) is 3. The molecule has 0 radical (unpaired) electrons. The summed E-state index contributed by atoms with van der Waals surface area (Å²) in [5.74, 6) is -0.474. The molecule has 3 rings (SSSR count). The number of carbonyl (C=O) groups is 1. The maximum Gasteiger partial charge on any atom is 0.249 e. The third-order valence-electron chi connectivity index (χ3n) is 3.06. The minimum absolute atomic E-state index is 0.435. The van der Waals surface area contributed by atoms with Crippen LogP contribution in [0.1, 0.15) is 10.4 Å². The molecule has 1 aromatic heterocycles. The number of carbonyl (C=O) groups excluding carboxylic acids is 1. The van der Waals surface area contributed by atoms with Crippen molar-refractivity contribution in [3.05, 3.63) is 52.6 Å². The molecule has 0 saturated heterocycles. The molecule has 0 fully saturated rings. The zero-order valence-corrected chi connectivity index (χ0v) is 12.0. The highest BCUT2D eigenvalue weighted by Crippen LogP contribution is 2.24. The molecule has 4 N–H and O–H groups in total. The monoisotopic (exact) mass is 330 g/mol. The van der Waals surface area contributed by atoms with Gasteiger partial charge in [0, 0.05) is 15.5 Å². The minimum atomic E-state index is -0.474. The van der Waals surface area contributed by atoms with Crippen LogP contribution in [0.15, 0.2) is 47.1 Å². The Morgan fingerprint density at radius 3 is 2.70 bits per heavy atom. The van der Waals surface area contributed by atoms with Gasteiger partial charge < -0.3 is 11.5 Å². The highest BCUT2D eigenvalue weighted by atomic mass is 79.9. The summed E-state index contributed by atoms with van der Waals surface area (Å²) in [6, 6.07) is 10.9. The van der Waals surface area contributed by atoms with Crippen LogP contribution in [-0.4, -0.2) is 15.7 Å². The van der Waals surface area contributed by atoms with E-state index in [1.54, 1.807) is 29.1 Å². The molecule has 0 saturated carbocycles. The van der Waals surface area contributed by atoms with E-state index in [9.17, 15) is 4.79 Å². The zero-order chi connectivity index (χ0) is 14.3. The van der Waals surface area contributed by atoms with E-state index in [2.05, 4.69) is 21.0 Å². The highest BCUT2D eigenvalue weighted by Gasteiger charge is 2.10. The van der Waals surface area contributed by atoms with E-state index >= 15 is 0 Å². The lowest BCUT2D eigenvalue weighted by Crippen LogP contribution is -2.12. The van der Waals surface area contributed by atoms with Crippen LogP contribution in [0.4, 0.5) is 5.69 Å². The molecule has 100 valence electrons. The lowest BCUT2D eigenvalue weighted by molar-refractivity contribution is 0.0999. The summed E-state index contributed by atoms with van der Waals surface area (Å²) >= 11 is 3.35. The molecule has 20 heavy (non-hydrogen) atoms. The van der Waals surface area contributed by atoms with Crippen molar-refractivity contribution in [2.24, 2.45) is 5.73 Å². The van der Waals surface area contributed by atoms with E-state index in [0.717, 1.165) is 16.6 Å². The number of primary amides is 1. The SMILES string of the molecule is NC(=O)c1ccc(-n2ncc3ccc(N)cc32)cc1Br. The van der Waals surface area contributed by atoms with Gasteiger partial charge in [-0.25, -0.2) is 4.68 Å². The van der Waals surface area contributed by atoms with Gasteiger partial charge >= 0.3 is 0 Å². The van der Waals surface area contributed by atoms with Gasteiger partial charge in [-0.05, 0) is 52.3 Å². The second-order valence-corrected chi connectivity index (χ2v) is 5.26. The number of rotatable bonds is 2. The number of amides is 1. The molecule has 0 atom stereocenters. The topological polar surface area (TPSA) is 86.9 Å². The third kappa shape index (κ3) is 2.04. The van der Waals surface area contributed by atoms with Crippen LogP contribution in [0.3, 0.4) is 0 Å². The summed E-state index contributed by atoms with van der Waals surface area (Å²) in [5, 5.41) is 5.34. The van der Waals surface area contributed by atoms with Gasteiger partial charge in [0.1, 0.15) is 0 Å². The van der Waals surface area contributed by atoms with Crippen LogP contribution in [0.2, 0.25) is 0 Å². The van der Waals surface area contributed by atoms with Crippen LogP contribution < -0.4 is 11.5 Å². The van der Waals surface area contributed by atoms with Crippen molar-refractivity contribution in [1.82, 2.24) is 9.78 Å². The number of benzene rings is 2. The lowest BCUT2D eigenvalue weighted by Gasteiger charge is -2.07. The number of anilines is 1. The predicted molar refractivity (Wildman–Crippen MR) is 81.7 cm³/mol. The first-order chi connectivity index (χ1) is 9.56. The first-order valence-electron chi connectivity index (χ1n) is 5.89. The number of fused-ring (bicyclic) bond motifs is 1. The van der Waals surface area contributed by atoms with Crippen molar-refractivity contribution in [3.63, 3.8) is 0 Å². The summed E-state index contributed by atoms with van der Waals surface area (Å²) < 4.78 is 2.40. The molecule has 3 aromatic rings. The van der Waals surface area contributed by atoms with Crippen molar-refractivity contribution < 1.29 is 4.79 Å². The smallest absolute Gasteiger partial charge is 0.249 e. The van der Waals surface area contributed by atoms with Gasteiger partial charge in [-0.1, -0.05) is 0 Å². The fourth-order valence-corrected chi connectivity index (χ4v) is 2.64. The molecule has 0 aliphatic carbocycles. The Kier molecular flexibility index (Phi) is 2.94. The molecule has 0 unspecified atom stereocenters. The first kappa shape index (κ1) is 12.7.